The summed E-state index contributed by atoms with van der Waals surface area (Å²) in [4.78, 5) is 46.8. The van der Waals surface area contributed by atoms with E-state index < -0.39 is 35.2 Å². The van der Waals surface area contributed by atoms with Crippen LogP contribution >= 0.6 is 0 Å². The van der Waals surface area contributed by atoms with Crippen molar-refractivity contribution in [3.8, 4) is 0 Å². The molecule has 1 atom stereocenters. The molecule has 8 nitrogen and oxygen atoms in total. The molecule has 1 aliphatic rings. The molecule has 1 fully saturated rings. The number of hydrogen-bond donors (Lipinski definition) is 3. The summed E-state index contributed by atoms with van der Waals surface area (Å²) in [7, 11) is 0. The summed E-state index contributed by atoms with van der Waals surface area (Å²) in [5.74, 6) is -4.14. The van der Waals surface area contributed by atoms with E-state index in [4.69, 9.17) is 10.2 Å². The maximum atomic E-state index is 12.0. The zero-order chi connectivity index (χ0) is 16.2. The van der Waals surface area contributed by atoms with Gasteiger partial charge in [0.15, 0.2) is 0 Å². The Morgan fingerprint density at radius 1 is 1.19 bits per heavy atom. The summed E-state index contributed by atoms with van der Waals surface area (Å²) < 4.78 is 0. The number of nitrogens with one attached hydrogen (secondary N) is 1. The van der Waals surface area contributed by atoms with E-state index in [1.165, 1.54) is 13.8 Å². The number of nitrogens with zero attached hydrogens (tertiary/aromatic N) is 1. The topological polar surface area (TPSA) is 124 Å². The Morgan fingerprint density at radius 2 is 1.81 bits per heavy atom. The molecule has 1 saturated heterocycles. The molecule has 0 radical (unpaired) electrons. The molecular weight excluding hydrogens is 280 g/mol. The molecule has 118 valence electrons. The van der Waals surface area contributed by atoms with Gasteiger partial charge in [-0.05, 0) is 33.1 Å². The minimum atomic E-state index is -1.20. The van der Waals surface area contributed by atoms with Crippen LogP contribution in [-0.4, -0.2) is 58.0 Å². The van der Waals surface area contributed by atoms with E-state index >= 15 is 0 Å². The summed E-state index contributed by atoms with van der Waals surface area (Å²) in [5.41, 5.74) is -1.20. The number of carboxylic acids is 2. The van der Waals surface area contributed by atoms with Gasteiger partial charge in [0.05, 0.1) is 5.41 Å². The predicted molar refractivity (Wildman–Crippen MR) is 71.4 cm³/mol. The van der Waals surface area contributed by atoms with Gasteiger partial charge < -0.3 is 20.4 Å². The van der Waals surface area contributed by atoms with Crippen LogP contribution in [0.3, 0.4) is 0 Å². The van der Waals surface area contributed by atoms with Crippen LogP contribution in [0.4, 0.5) is 0 Å². The summed E-state index contributed by atoms with van der Waals surface area (Å²) in [6.45, 7) is 2.84. The zero-order valence-corrected chi connectivity index (χ0v) is 12.1. The van der Waals surface area contributed by atoms with Crippen molar-refractivity contribution >= 4 is 23.8 Å². The summed E-state index contributed by atoms with van der Waals surface area (Å²) in [5, 5.41) is 20.3. The molecule has 0 aromatic carbocycles. The van der Waals surface area contributed by atoms with Crippen molar-refractivity contribution < 1.29 is 29.4 Å². The molecule has 8 heteroatoms. The first-order valence-corrected chi connectivity index (χ1v) is 6.72. The normalized spacial score (nSPS) is 19.0. The van der Waals surface area contributed by atoms with Gasteiger partial charge in [0, 0.05) is 13.1 Å². The van der Waals surface area contributed by atoms with E-state index in [2.05, 4.69) is 5.32 Å². The van der Waals surface area contributed by atoms with Crippen molar-refractivity contribution in [2.75, 3.05) is 13.1 Å². The number of carbonyl (C=O) groups excluding carboxylic acids is 2. The number of aliphatic carboxylic acids is 2. The lowest BCUT2D eigenvalue weighted by Crippen LogP contribution is -2.54. The van der Waals surface area contributed by atoms with Crippen LogP contribution in [0.15, 0.2) is 0 Å². The van der Waals surface area contributed by atoms with Crippen LogP contribution in [0.1, 0.15) is 33.1 Å². The van der Waals surface area contributed by atoms with E-state index in [0.717, 1.165) is 4.90 Å². The van der Waals surface area contributed by atoms with E-state index in [-0.39, 0.29) is 13.1 Å². The smallest absolute Gasteiger partial charge is 0.326 e. The molecule has 1 aliphatic heterocycles. The fourth-order valence-corrected chi connectivity index (χ4v) is 2.01. The number of piperidine rings is 1. The highest BCUT2D eigenvalue weighted by Gasteiger charge is 2.36. The first kappa shape index (κ1) is 16.9. The Labute approximate surface area is 122 Å². The molecule has 1 rings (SSSR count). The Kier molecular flexibility index (Phi) is 5.28. The second-order valence-corrected chi connectivity index (χ2v) is 5.72. The maximum Gasteiger partial charge on any atom is 0.326 e. The quantitative estimate of drug-likeness (QED) is 0.611. The largest absolute Gasteiger partial charge is 0.481 e. The van der Waals surface area contributed by atoms with Gasteiger partial charge in [0.2, 0.25) is 0 Å². The fraction of sp³-hybridized carbons (Fsp3) is 0.692. The molecule has 0 saturated carbocycles. The number of carbonyl (C=O) groups is 4. The number of hydrogen-bond acceptors (Lipinski definition) is 4. The van der Waals surface area contributed by atoms with Gasteiger partial charge in [0.1, 0.15) is 6.04 Å². The predicted octanol–water partition coefficient (Wildman–Crippen LogP) is -0.321. The third-order valence-corrected chi connectivity index (χ3v) is 3.51. The fourth-order valence-electron chi connectivity index (χ4n) is 2.01. The Balaban J connectivity index is 2.67. The van der Waals surface area contributed by atoms with Crippen molar-refractivity contribution in [2.24, 2.45) is 5.41 Å². The van der Waals surface area contributed by atoms with Gasteiger partial charge in [-0.15, -0.1) is 0 Å². The molecule has 21 heavy (non-hydrogen) atoms. The maximum absolute atomic E-state index is 12.0. The highest BCUT2D eigenvalue weighted by molar-refractivity contribution is 6.35. The molecule has 0 aromatic heterocycles. The Bertz CT molecular complexity index is 460. The standard InChI is InChI=1S/C13H20N2O6/c1-13(2,12(20)21)7-14-9(16)10(17)15-6-4-3-5-8(15)11(18)19/h8H,3-7H2,1-2H3,(H,14,16)(H,18,19)(H,20,21)/t8-/m1/s1. The second kappa shape index (κ2) is 6.55. The van der Waals surface area contributed by atoms with E-state index in [1.54, 1.807) is 0 Å². The van der Waals surface area contributed by atoms with Crippen LogP contribution < -0.4 is 5.32 Å². The van der Waals surface area contributed by atoms with Crippen molar-refractivity contribution in [2.45, 2.75) is 39.2 Å². The molecule has 1 heterocycles. The van der Waals surface area contributed by atoms with Crippen LogP contribution in [0, 0.1) is 5.41 Å². The van der Waals surface area contributed by atoms with Crippen molar-refractivity contribution in [3.63, 3.8) is 0 Å². The SMILES string of the molecule is CC(C)(CNC(=O)C(=O)N1CCCC[C@@H]1C(=O)O)C(=O)O. The van der Waals surface area contributed by atoms with Gasteiger partial charge >= 0.3 is 23.8 Å². The molecule has 2 amide bonds. The number of likely N-dealkylation sites (tertiary alicyclic amines) is 1. The minimum Gasteiger partial charge on any atom is -0.481 e. The van der Waals surface area contributed by atoms with Crippen LogP contribution in [-0.2, 0) is 19.2 Å². The Morgan fingerprint density at radius 3 is 2.33 bits per heavy atom. The van der Waals surface area contributed by atoms with Crippen molar-refractivity contribution in [1.82, 2.24) is 10.2 Å². The van der Waals surface area contributed by atoms with Crippen LogP contribution in [0.2, 0.25) is 0 Å². The van der Waals surface area contributed by atoms with Gasteiger partial charge in [-0.3, -0.25) is 14.4 Å². The van der Waals surface area contributed by atoms with Crippen molar-refractivity contribution in [3.05, 3.63) is 0 Å². The van der Waals surface area contributed by atoms with Gasteiger partial charge in [0.25, 0.3) is 0 Å². The van der Waals surface area contributed by atoms with E-state index in [9.17, 15) is 19.2 Å². The monoisotopic (exact) mass is 300 g/mol. The molecule has 3 N–H and O–H groups in total. The highest BCUT2D eigenvalue weighted by atomic mass is 16.4. The molecule has 0 aliphatic carbocycles. The third-order valence-electron chi connectivity index (χ3n) is 3.51. The average molecular weight is 300 g/mol. The number of amides is 2. The molecule has 0 spiro atoms. The third kappa shape index (κ3) is 4.17. The lowest BCUT2D eigenvalue weighted by Gasteiger charge is -2.32. The molecular formula is C13H20N2O6. The lowest BCUT2D eigenvalue weighted by molar-refractivity contribution is -0.156. The van der Waals surface area contributed by atoms with E-state index in [0.29, 0.717) is 19.3 Å². The molecule has 0 aromatic rings. The summed E-state index contributed by atoms with van der Waals surface area (Å²) in [6.07, 6.45) is 1.65. The molecule has 0 unspecified atom stereocenters. The summed E-state index contributed by atoms with van der Waals surface area (Å²) >= 11 is 0. The van der Waals surface area contributed by atoms with E-state index in [1.807, 2.05) is 0 Å². The van der Waals surface area contributed by atoms with Crippen LogP contribution in [0.25, 0.3) is 0 Å². The van der Waals surface area contributed by atoms with Gasteiger partial charge in [-0.25, -0.2) is 4.79 Å². The van der Waals surface area contributed by atoms with Gasteiger partial charge in [-0.1, -0.05) is 0 Å². The first-order chi connectivity index (χ1) is 9.66. The Hall–Kier alpha value is -2.12. The minimum absolute atomic E-state index is 0.210. The van der Waals surface area contributed by atoms with Crippen molar-refractivity contribution in [1.29, 1.82) is 0 Å². The summed E-state index contributed by atoms with van der Waals surface area (Å²) in [6, 6.07) is -0.996. The second-order valence-electron chi connectivity index (χ2n) is 5.72. The zero-order valence-electron chi connectivity index (χ0n) is 12.1. The highest BCUT2D eigenvalue weighted by Crippen LogP contribution is 2.18. The number of rotatable bonds is 4. The average Bonchev–Trinajstić information content (AvgIpc) is 2.43. The lowest BCUT2D eigenvalue weighted by atomic mass is 9.94. The molecule has 0 bridgehead atoms. The first-order valence-electron chi connectivity index (χ1n) is 6.72. The van der Waals surface area contributed by atoms with Gasteiger partial charge in [-0.2, -0.15) is 0 Å². The number of carboxylic acid groups (broad SMARTS) is 2. The van der Waals surface area contributed by atoms with Crippen LogP contribution in [0.5, 0.6) is 0 Å².